The molecule has 1 unspecified atom stereocenters. The van der Waals surface area contributed by atoms with Crippen LogP contribution in [-0.4, -0.2) is 26.3 Å². The highest BCUT2D eigenvalue weighted by Crippen LogP contribution is 2.25. The number of terminal acetylenes is 1. The number of nitrogens with zero attached hydrogens (tertiary/aromatic N) is 4. The van der Waals surface area contributed by atoms with Gasteiger partial charge in [-0.25, -0.2) is 9.97 Å². The van der Waals surface area contributed by atoms with E-state index in [1.807, 2.05) is 0 Å². The van der Waals surface area contributed by atoms with Crippen LogP contribution in [0.4, 0.5) is 11.8 Å². The Bertz CT molecular complexity index is 964. The van der Waals surface area contributed by atoms with E-state index in [1.165, 1.54) is 11.1 Å². The lowest BCUT2D eigenvalue weighted by molar-refractivity contribution is -0.106. The van der Waals surface area contributed by atoms with Gasteiger partial charge in [-0.1, -0.05) is 29.8 Å². The second-order valence-electron chi connectivity index (χ2n) is 5.86. The summed E-state index contributed by atoms with van der Waals surface area (Å²) < 4.78 is 0. The largest absolute Gasteiger partial charge is 0.382 e. The van der Waals surface area contributed by atoms with Crippen molar-refractivity contribution in [1.82, 2.24) is 19.9 Å². The molecule has 2 aromatic heterocycles. The van der Waals surface area contributed by atoms with E-state index in [2.05, 4.69) is 62.8 Å². The zero-order valence-electron chi connectivity index (χ0n) is 15.0. The monoisotopic (exact) mass is 363 g/mol. The second-order valence-corrected chi connectivity index (χ2v) is 5.86. The molecule has 3 rings (SSSR count). The molecule has 1 atom stereocenters. The molecule has 1 amide bonds. The third kappa shape index (κ3) is 5.12. The number of nitrogen functional groups attached to an aromatic ring is 2. The van der Waals surface area contributed by atoms with E-state index < -0.39 is 0 Å². The molecule has 0 aliphatic carbocycles. The van der Waals surface area contributed by atoms with Crippen LogP contribution < -0.4 is 17.2 Å². The van der Waals surface area contributed by atoms with Gasteiger partial charge in [0.2, 0.25) is 12.4 Å². The van der Waals surface area contributed by atoms with Crippen molar-refractivity contribution in [3.05, 3.63) is 47.3 Å². The number of hydrogen-bond acceptors (Lipinski definition) is 7. The Kier molecular flexibility index (Phi) is 6.61. The van der Waals surface area contributed by atoms with Gasteiger partial charge in [-0.05, 0) is 18.9 Å². The molecule has 0 saturated carbocycles. The number of primary amides is 1. The van der Waals surface area contributed by atoms with Gasteiger partial charge in [0.25, 0.3) is 0 Å². The molecule has 0 radical (unpaired) electrons. The lowest BCUT2D eigenvalue weighted by Gasteiger charge is -2.15. The first-order chi connectivity index (χ1) is 13.0. The number of rotatable bonds is 4. The fraction of sp³-hybridized carbons (Fsp3) is 0.211. The van der Waals surface area contributed by atoms with Crippen molar-refractivity contribution < 1.29 is 4.79 Å². The molecule has 6 N–H and O–H groups in total. The lowest BCUT2D eigenvalue weighted by Crippen LogP contribution is -2.07. The quantitative estimate of drug-likeness (QED) is 0.468. The van der Waals surface area contributed by atoms with Crippen molar-refractivity contribution in [3.63, 3.8) is 0 Å². The lowest BCUT2D eigenvalue weighted by atomic mass is 9.91. The molecule has 0 aliphatic rings. The predicted molar refractivity (Wildman–Crippen MR) is 105 cm³/mol. The number of carbonyl (C=O) groups is 1. The SMILES string of the molecule is C#CCC(Cc1cnc2nc(N)nc(N)c2n1)c1ccc(C)cc1.NC=O. The summed E-state index contributed by atoms with van der Waals surface area (Å²) in [7, 11) is 0. The van der Waals surface area contributed by atoms with Crippen molar-refractivity contribution >= 4 is 29.3 Å². The first kappa shape index (κ1) is 19.6. The summed E-state index contributed by atoms with van der Waals surface area (Å²) in [5.41, 5.74) is 19.7. The summed E-state index contributed by atoms with van der Waals surface area (Å²) in [6, 6.07) is 8.37. The summed E-state index contributed by atoms with van der Waals surface area (Å²) in [6.07, 6.45) is 8.77. The van der Waals surface area contributed by atoms with Gasteiger partial charge >= 0.3 is 0 Å². The third-order valence-electron chi connectivity index (χ3n) is 3.87. The number of anilines is 2. The number of aryl methyl sites for hydroxylation is 1. The molecule has 2 heterocycles. The van der Waals surface area contributed by atoms with Gasteiger partial charge in [-0.15, -0.1) is 12.3 Å². The Hall–Kier alpha value is -3.73. The van der Waals surface area contributed by atoms with Crippen LogP contribution in [0.15, 0.2) is 30.5 Å². The molecule has 1 aromatic carbocycles. The number of aromatic nitrogens is 4. The number of amides is 1. The van der Waals surface area contributed by atoms with Gasteiger partial charge in [-0.3, -0.25) is 4.79 Å². The highest BCUT2D eigenvalue weighted by molar-refractivity contribution is 5.81. The van der Waals surface area contributed by atoms with E-state index in [1.54, 1.807) is 6.20 Å². The van der Waals surface area contributed by atoms with Crippen LogP contribution in [0.25, 0.3) is 11.2 Å². The standard InChI is InChI=1S/C18H18N6.CH3NO/c1-3-4-13(12-7-5-11(2)6-8-12)9-14-10-21-17-15(22-14)16(19)23-18(20)24-17;2-1-3/h1,5-8,10,13H,4,9H2,2H3,(H4,19,20,21,23,24);1H,(H2,2,3). The minimum atomic E-state index is 0.0897. The molecule has 27 heavy (non-hydrogen) atoms. The van der Waals surface area contributed by atoms with Gasteiger partial charge < -0.3 is 17.2 Å². The molecule has 0 fully saturated rings. The van der Waals surface area contributed by atoms with Crippen molar-refractivity contribution in [2.45, 2.75) is 25.7 Å². The van der Waals surface area contributed by atoms with E-state index in [4.69, 9.17) is 22.7 Å². The maximum absolute atomic E-state index is 8.58. The molecule has 0 saturated heterocycles. The van der Waals surface area contributed by atoms with Crippen molar-refractivity contribution in [3.8, 4) is 12.3 Å². The number of hydrogen-bond donors (Lipinski definition) is 3. The van der Waals surface area contributed by atoms with Crippen molar-refractivity contribution in [1.29, 1.82) is 0 Å². The first-order valence-corrected chi connectivity index (χ1v) is 8.18. The van der Waals surface area contributed by atoms with E-state index in [0.717, 1.165) is 5.69 Å². The topological polar surface area (TPSA) is 147 Å². The molecule has 0 bridgehead atoms. The number of carbonyl (C=O) groups excluding carboxylic acids is 1. The highest BCUT2D eigenvalue weighted by Gasteiger charge is 2.14. The van der Waals surface area contributed by atoms with Gasteiger partial charge in [0.1, 0.15) is 0 Å². The fourth-order valence-electron chi connectivity index (χ4n) is 2.62. The van der Waals surface area contributed by atoms with Crippen LogP contribution in [0.5, 0.6) is 0 Å². The second kappa shape index (κ2) is 9.10. The Balaban J connectivity index is 0.000000817. The number of benzene rings is 1. The smallest absolute Gasteiger partial charge is 0.224 e. The zero-order chi connectivity index (χ0) is 19.8. The normalized spacial score (nSPS) is 11.1. The molecule has 3 aromatic rings. The Morgan fingerprint density at radius 1 is 1.19 bits per heavy atom. The average Bonchev–Trinajstić information content (AvgIpc) is 2.63. The van der Waals surface area contributed by atoms with Crippen LogP contribution in [0.3, 0.4) is 0 Å². The Morgan fingerprint density at radius 2 is 1.85 bits per heavy atom. The van der Waals surface area contributed by atoms with Crippen LogP contribution in [0.2, 0.25) is 0 Å². The predicted octanol–water partition coefficient (Wildman–Crippen LogP) is 1.34. The molecular formula is C19H21N7O. The minimum absolute atomic E-state index is 0.0897. The van der Waals surface area contributed by atoms with Crippen molar-refractivity contribution in [2.24, 2.45) is 5.73 Å². The van der Waals surface area contributed by atoms with E-state index in [-0.39, 0.29) is 24.1 Å². The summed E-state index contributed by atoms with van der Waals surface area (Å²) in [5, 5.41) is 0. The summed E-state index contributed by atoms with van der Waals surface area (Å²) in [6.45, 7) is 2.06. The fourth-order valence-corrected chi connectivity index (χ4v) is 2.62. The zero-order valence-corrected chi connectivity index (χ0v) is 15.0. The van der Waals surface area contributed by atoms with Gasteiger partial charge in [0.05, 0.1) is 11.9 Å². The summed E-state index contributed by atoms with van der Waals surface area (Å²) >= 11 is 0. The summed E-state index contributed by atoms with van der Waals surface area (Å²) in [4.78, 5) is 25.4. The molecular weight excluding hydrogens is 342 g/mol. The number of nitrogens with two attached hydrogens (primary N) is 3. The van der Waals surface area contributed by atoms with Crippen LogP contribution in [-0.2, 0) is 11.2 Å². The molecule has 138 valence electrons. The average molecular weight is 363 g/mol. The van der Waals surface area contributed by atoms with Crippen LogP contribution >= 0.6 is 0 Å². The van der Waals surface area contributed by atoms with Gasteiger partial charge in [0, 0.05) is 12.3 Å². The minimum Gasteiger partial charge on any atom is -0.382 e. The third-order valence-corrected chi connectivity index (χ3v) is 3.87. The molecule has 8 nitrogen and oxygen atoms in total. The van der Waals surface area contributed by atoms with Crippen LogP contribution in [0.1, 0.15) is 29.2 Å². The maximum atomic E-state index is 8.58. The van der Waals surface area contributed by atoms with Crippen molar-refractivity contribution in [2.75, 3.05) is 11.5 Å². The molecule has 0 aliphatic heterocycles. The summed E-state index contributed by atoms with van der Waals surface area (Å²) in [5.74, 6) is 3.23. The van der Waals surface area contributed by atoms with Gasteiger partial charge in [0.15, 0.2) is 17.0 Å². The molecule has 8 heteroatoms. The Morgan fingerprint density at radius 3 is 2.48 bits per heavy atom. The van der Waals surface area contributed by atoms with E-state index in [9.17, 15) is 0 Å². The van der Waals surface area contributed by atoms with Gasteiger partial charge in [-0.2, -0.15) is 9.97 Å². The molecule has 0 spiro atoms. The van der Waals surface area contributed by atoms with Crippen LogP contribution in [0, 0.1) is 19.3 Å². The van der Waals surface area contributed by atoms with E-state index >= 15 is 0 Å². The maximum Gasteiger partial charge on any atom is 0.224 e. The first-order valence-electron chi connectivity index (χ1n) is 8.18. The highest BCUT2D eigenvalue weighted by atomic mass is 16.1. The van der Waals surface area contributed by atoms with E-state index in [0.29, 0.717) is 24.0 Å². The Labute approximate surface area is 157 Å². The number of fused-ring (bicyclic) bond motifs is 1.